The fraction of sp³-hybridized carbons (Fsp3) is 0.529. The van der Waals surface area contributed by atoms with Crippen LogP contribution in [0.15, 0.2) is 30.3 Å². The smallest absolute Gasteiger partial charge is 0.309 e. The number of carbonyl (C=O) groups excluding carboxylic acids is 2. The van der Waals surface area contributed by atoms with Gasteiger partial charge in [-0.2, -0.15) is 0 Å². The SMILES string of the molecule is C[C@H](NC(=O)C(=O)N[C@@H]1CCCC[C@H]1C)c1ccccc1. The molecule has 2 amide bonds. The zero-order chi connectivity index (χ0) is 15.2. The molecule has 0 saturated heterocycles. The highest BCUT2D eigenvalue weighted by molar-refractivity contribution is 6.35. The Morgan fingerprint density at radius 3 is 2.43 bits per heavy atom. The average molecular weight is 288 g/mol. The molecule has 1 aliphatic carbocycles. The van der Waals surface area contributed by atoms with Gasteiger partial charge in [-0.25, -0.2) is 0 Å². The van der Waals surface area contributed by atoms with E-state index in [1.807, 2.05) is 37.3 Å². The van der Waals surface area contributed by atoms with E-state index in [0.29, 0.717) is 5.92 Å². The molecule has 0 radical (unpaired) electrons. The first-order valence-corrected chi connectivity index (χ1v) is 7.74. The molecule has 0 aromatic heterocycles. The Morgan fingerprint density at radius 1 is 1.10 bits per heavy atom. The van der Waals surface area contributed by atoms with Gasteiger partial charge in [-0.15, -0.1) is 0 Å². The van der Waals surface area contributed by atoms with Crippen molar-refractivity contribution in [2.75, 3.05) is 0 Å². The molecule has 1 aromatic rings. The minimum absolute atomic E-state index is 0.129. The maximum Gasteiger partial charge on any atom is 0.309 e. The minimum Gasteiger partial charge on any atom is -0.345 e. The Kier molecular flexibility index (Phi) is 5.37. The summed E-state index contributed by atoms with van der Waals surface area (Å²) in [5.74, 6) is -0.622. The Morgan fingerprint density at radius 2 is 1.76 bits per heavy atom. The number of amides is 2. The molecule has 1 aliphatic rings. The van der Waals surface area contributed by atoms with Gasteiger partial charge in [0.15, 0.2) is 0 Å². The first-order chi connectivity index (χ1) is 10.1. The Labute approximate surface area is 126 Å². The van der Waals surface area contributed by atoms with Crippen LogP contribution < -0.4 is 10.6 Å². The van der Waals surface area contributed by atoms with Crippen molar-refractivity contribution in [1.29, 1.82) is 0 Å². The van der Waals surface area contributed by atoms with Gasteiger partial charge in [-0.05, 0) is 31.2 Å². The maximum atomic E-state index is 12.0. The molecule has 4 nitrogen and oxygen atoms in total. The van der Waals surface area contributed by atoms with Gasteiger partial charge in [0.25, 0.3) is 0 Å². The first kappa shape index (κ1) is 15.5. The van der Waals surface area contributed by atoms with E-state index in [-0.39, 0.29) is 12.1 Å². The molecule has 3 atom stereocenters. The monoisotopic (exact) mass is 288 g/mol. The number of benzene rings is 1. The summed E-state index contributed by atoms with van der Waals surface area (Å²) in [6, 6.07) is 9.59. The Bertz CT molecular complexity index is 487. The molecular weight excluding hydrogens is 264 g/mol. The fourth-order valence-electron chi connectivity index (χ4n) is 2.85. The number of hydrogen-bond acceptors (Lipinski definition) is 2. The highest BCUT2D eigenvalue weighted by Crippen LogP contribution is 2.23. The van der Waals surface area contributed by atoms with Crippen LogP contribution in [0.4, 0.5) is 0 Å². The molecule has 0 aliphatic heterocycles. The van der Waals surface area contributed by atoms with Gasteiger partial charge >= 0.3 is 11.8 Å². The summed E-state index contributed by atoms with van der Waals surface area (Å²) in [6.07, 6.45) is 4.42. The topological polar surface area (TPSA) is 58.2 Å². The standard InChI is InChI=1S/C17H24N2O2/c1-12-8-6-7-11-15(12)19-17(21)16(20)18-13(2)14-9-4-3-5-10-14/h3-5,9-10,12-13,15H,6-8,11H2,1-2H3,(H,18,20)(H,19,21)/t12-,13+,15-/m1/s1. The second-order valence-corrected chi connectivity index (χ2v) is 5.95. The molecule has 1 aromatic carbocycles. The maximum absolute atomic E-state index is 12.0. The Hall–Kier alpha value is -1.84. The van der Waals surface area contributed by atoms with E-state index in [1.165, 1.54) is 6.42 Å². The second kappa shape index (κ2) is 7.25. The number of rotatable bonds is 3. The molecular formula is C17H24N2O2. The van der Waals surface area contributed by atoms with Crippen LogP contribution in [-0.2, 0) is 9.59 Å². The quantitative estimate of drug-likeness (QED) is 0.840. The van der Waals surface area contributed by atoms with Crippen LogP contribution in [-0.4, -0.2) is 17.9 Å². The molecule has 0 heterocycles. The van der Waals surface area contributed by atoms with Crippen LogP contribution in [0.2, 0.25) is 0 Å². The van der Waals surface area contributed by atoms with Crippen molar-refractivity contribution < 1.29 is 9.59 Å². The summed E-state index contributed by atoms with van der Waals surface area (Å²) in [5, 5.41) is 5.62. The minimum atomic E-state index is -0.552. The van der Waals surface area contributed by atoms with Gasteiger partial charge < -0.3 is 10.6 Å². The van der Waals surface area contributed by atoms with Crippen LogP contribution >= 0.6 is 0 Å². The number of hydrogen-bond donors (Lipinski definition) is 2. The lowest BCUT2D eigenvalue weighted by molar-refractivity contribution is -0.140. The van der Waals surface area contributed by atoms with Crippen molar-refractivity contribution in [3.05, 3.63) is 35.9 Å². The van der Waals surface area contributed by atoms with E-state index in [9.17, 15) is 9.59 Å². The van der Waals surface area contributed by atoms with Crippen molar-refractivity contribution >= 4 is 11.8 Å². The van der Waals surface area contributed by atoms with E-state index in [2.05, 4.69) is 17.6 Å². The van der Waals surface area contributed by atoms with E-state index < -0.39 is 11.8 Å². The van der Waals surface area contributed by atoms with Crippen LogP contribution in [0.3, 0.4) is 0 Å². The third-order valence-corrected chi connectivity index (χ3v) is 4.28. The summed E-state index contributed by atoms with van der Waals surface area (Å²) >= 11 is 0. The predicted molar refractivity (Wildman–Crippen MR) is 82.6 cm³/mol. The van der Waals surface area contributed by atoms with Gasteiger partial charge in [-0.3, -0.25) is 9.59 Å². The lowest BCUT2D eigenvalue weighted by Gasteiger charge is -2.29. The Balaban J connectivity index is 1.86. The summed E-state index contributed by atoms with van der Waals surface area (Å²) in [5.41, 5.74) is 0.990. The molecule has 21 heavy (non-hydrogen) atoms. The molecule has 4 heteroatoms. The zero-order valence-electron chi connectivity index (χ0n) is 12.8. The van der Waals surface area contributed by atoms with Gasteiger partial charge in [0.1, 0.15) is 0 Å². The highest BCUT2D eigenvalue weighted by Gasteiger charge is 2.26. The van der Waals surface area contributed by atoms with Gasteiger partial charge in [-0.1, -0.05) is 50.1 Å². The number of nitrogens with one attached hydrogen (secondary N) is 2. The average Bonchev–Trinajstić information content (AvgIpc) is 2.50. The van der Waals surface area contributed by atoms with Crippen molar-refractivity contribution in [2.45, 2.75) is 51.6 Å². The van der Waals surface area contributed by atoms with Crippen molar-refractivity contribution in [2.24, 2.45) is 5.92 Å². The van der Waals surface area contributed by atoms with Gasteiger partial charge in [0, 0.05) is 6.04 Å². The van der Waals surface area contributed by atoms with E-state index in [1.54, 1.807) is 0 Å². The van der Waals surface area contributed by atoms with Crippen molar-refractivity contribution in [1.82, 2.24) is 10.6 Å². The van der Waals surface area contributed by atoms with Crippen LogP contribution in [0.25, 0.3) is 0 Å². The van der Waals surface area contributed by atoms with Crippen molar-refractivity contribution in [3.63, 3.8) is 0 Å². The molecule has 1 fully saturated rings. The van der Waals surface area contributed by atoms with Gasteiger partial charge in [0.2, 0.25) is 0 Å². The molecule has 1 saturated carbocycles. The lowest BCUT2D eigenvalue weighted by atomic mass is 9.86. The summed E-state index contributed by atoms with van der Waals surface area (Å²) in [6.45, 7) is 4.01. The van der Waals surface area contributed by atoms with E-state index >= 15 is 0 Å². The molecule has 114 valence electrons. The second-order valence-electron chi connectivity index (χ2n) is 5.95. The molecule has 2 rings (SSSR count). The van der Waals surface area contributed by atoms with E-state index in [0.717, 1.165) is 24.8 Å². The summed E-state index contributed by atoms with van der Waals surface area (Å²) in [7, 11) is 0. The molecule has 0 spiro atoms. The largest absolute Gasteiger partial charge is 0.345 e. The molecule has 0 bridgehead atoms. The van der Waals surface area contributed by atoms with Crippen LogP contribution in [0.5, 0.6) is 0 Å². The molecule has 2 N–H and O–H groups in total. The third kappa shape index (κ3) is 4.31. The summed E-state index contributed by atoms with van der Waals surface area (Å²) < 4.78 is 0. The van der Waals surface area contributed by atoms with Gasteiger partial charge in [0.05, 0.1) is 6.04 Å². The summed E-state index contributed by atoms with van der Waals surface area (Å²) in [4.78, 5) is 24.0. The van der Waals surface area contributed by atoms with Crippen LogP contribution in [0, 0.1) is 5.92 Å². The third-order valence-electron chi connectivity index (χ3n) is 4.28. The lowest BCUT2D eigenvalue weighted by Crippen LogP contribution is -2.48. The van der Waals surface area contributed by atoms with E-state index in [4.69, 9.17) is 0 Å². The highest BCUT2D eigenvalue weighted by atomic mass is 16.2. The van der Waals surface area contributed by atoms with Crippen LogP contribution in [0.1, 0.15) is 51.1 Å². The zero-order valence-corrected chi connectivity index (χ0v) is 12.8. The first-order valence-electron chi connectivity index (χ1n) is 7.74. The number of carbonyl (C=O) groups is 2. The fourth-order valence-corrected chi connectivity index (χ4v) is 2.85. The predicted octanol–water partition coefficient (Wildman–Crippen LogP) is 2.56. The van der Waals surface area contributed by atoms with Crippen molar-refractivity contribution in [3.8, 4) is 0 Å². The molecule has 0 unspecified atom stereocenters. The normalized spacial score (nSPS) is 23.1.